The van der Waals surface area contributed by atoms with E-state index in [2.05, 4.69) is 20.6 Å². The lowest BCUT2D eigenvalue weighted by atomic mass is 10.0. The van der Waals surface area contributed by atoms with Crippen molar-refractivity contribution in [1.82, 2.24) is 15.3 Å². The largest absolute Gasteiger partial charge is 0.495 e. The van der Waals surface area contributed by atoms with Gasteiger partial charge in [0, 0.05) is 35.8 Å². The van der Waals surface area contributed by atoms with Crippen LogP contribution in [0.5, 0.6) is 11.5 Å². The number of hydrogen-bond donors (Lipinski definition) is 2. The van der Waals surface area contributed by atoms with Gasteiger partial charge in [0.25, 0.3) is 0 Å². The van der Waals surface area contributed by atoms with Gasteiger partial charge in [0.05, 0.1) is 29.8 Å². The number of nitrogens with one attached hydrogen (secondary N) is 2. The van der Waals surface area contributed by atoms with Gasteiger partial charge in [0.1, 0.15) is 11.5 Å². The first-order valence-electron chi connectivity index (χ1n) is 8.95. The molecule has 1 aromatic heterocycles. The molecule has 0 saturated carbocycles. The molecule has 0 aliphatic carbocycles. The summed E-state index contributed by atoms with van der Waals surface area (Å²) in [5, 5.41) is 8.44. The molecule has 3 aromatic rings. The maximum atomic E-state index is 6.54. The van der Waals surface area contributed by atoms with Gasteiger partial charge in [0.15, 0.2) is 0 Å². The van der Waals surface area contributed by atoms with Crippen molar-refractivity contribution in [1.29, 1.82) is 0 Å². The molecule has 0 amide bonds. The molecule has 29 heavy (non-hydrogen) atoms. The SMILES string of the molecule is COc1cc(OC)c(Cl)c(-c2ccc3nc(NC4CCNC4)ncc3c2)c1Cl.F. The van der Waals surface area contributed by atoms with E-state index in [1.807, 2.05) is 18.2 Å². The Morgan fingerprint density at radius 1 is 1.10 bits per heavy atom. The van der Waals surface area contributed by atoms with Crippen molar-refractivity contribution in [2.75, 3.05) is 32.6 Å². The Kier molecular flexibility index (Phi) is 6.62. The number of anilines is 1. The second-order valence-electron chi connectivity index (χ2n) is 6.59. The summed E-state index contributed by atoms with van der Waals surface area (Å²) in [5.74, 6) is 1.63. The van der Waals surface area contributed by atoms with Crippen LogP contribution in [0.2, 0.25) is 10.0 Å². The van der Waals surface area contributed by atoms with Crippen LogP contribution in [0.25, 0.3) is 22.0 Å². The Morgan fingerprint density at radius 2 is 1.83 bits per heavy atom. The predicted molar refractivity (Wildman–Crippen MR) is 115 cm³/mol. The molecule has 0 radical (unpaired) electrons. The molecule has 154 valence electrons. The molecule has 2 heterocycles. The van der Waals surface area contributed by atoms with Crippen molar-refractivity contribution in [3.05, 3.63) is 40.5 Å². The lowest BCUT2D eigenvalue weighted by Gasteiger charge is -2.15. The molecule has 9 heteroatoms. The Morgan fingerprint density at radius 3 is 2.45 bits per heavy atom. The molecule has 1 aliphatic rings. The van der Waals surface area contributed by atoms with Gasteiger partial charge >= 0.3 is 0 Å². The number of fused-ring (bicyclic) bond motifs is 1. The molecule has 2 aromatic carbocycles. The van der Waals surface area contributed by atoms with Gasteiger partial charge < -0.3 is 20.1 Å². The van der Waals surface area contributed by atoms with E-state index in [1.54, 1.807) is 26.5 Å². The molecular weight excluding hydrogens is 418 g/mol. The van der Waals surface area contributed by atoms with E-state index < -0.39 is 0 Å². The Hall–Kier alpha value is -2.35. The fourth-order valence-electron chi connectivity index (χ4n) is 3.36. The standard InChI is InChI=1S/C20H20Cl2N4O2.FH/c1-27-15-8-16(28-2)19(22)17(18(15)21)11-3-4-14-12(7-11)9-24-20(26-14)25-13-5-6-23-10-13;/h3-4,7-9,13,23H,5-6,10H2,1-2H3,(H,24,25,26);1H. The number of methoxy groups -OCH3 is 2. The minimum atomic E-state index is 0. The zero-order chi connectivity index (χ0) is 19.7. The number of ether oxygens (including phenoxy) is 2. The minimum absolute atomic E-state index is 0. The zero-order valence-corrected chi connectivity index (χ0v) is 17.5. The quantitative estimate of drug-likeness (QED) is 0.608. The van der Waals surface area contributed by atoms with Crippen LogP contribution in [-0.2, 0) is 0 Å². The third kappa shape index (κ3) is 4.17. The van der Waals surface area contributed by atoms with Crippen LogP contribution in [0.1, 0.15) is 6.42 Å². The fraction of sp³-hybridized carbons (Fsp3) is 0.300. The average Bonchev–Trinajstić information content (AvgIpc) is 3.21. The maximum Gasteiger partial charge on any atom is 0.223 e. The summed E-state index contributed by atoms with van der Waals surface area (Å²) in [4.78, 5) is 9.07. The van der Waals surface area contributed by atoms with Crippen LogP contribution in [-0.4, -0.2) is 43.3 Å². The number of halogens is 3. The summed E-state index contributed by atoms with van der Waals surface area (Å²) >= 11 is 13.1. The third-order valence-corrected chi connectivity index (χ3v) is 5.59. The van der Waals surface area contributed by atoms with Crippen molar-refractivity contribution in [2.24, 2.45) is 0 Å². The number of rotatable bonds is 5. The highest BCUT2D eigenvalue weighted by Gasteiger charge is 2.19. The van der Waals surface area contributed by atoms with Gasteiger partial charge in [-0.05, 0) is 30.7 Å². The van der Waals surface area contributed by atoms with Crippen LogP contribution in [0, 0.1) is 0 Å². The van der Waals surface area contributed by atoms with Gasteiger partial charge in [-0.3, -0.25) is 4.70 Å². The highest BCUT2D eigenvalue weighted by Crippen LogP contribution is 2.46. The normalized spacial score (nSPS) is 15.8. The van der Waals surface area contributed by atoms with E-state index >= 15 is 0 Å². The summed E-state index contributed by atoms with van der Waals surface area (Å²) in [7, 11) is 3.11. The molecule has 1 atom stereocenters. The average molecular weight is 439 g/mol. The van der Waals surface area contributed by atoms with Crippen molar-refractivity contribution in [3.8, 4) is 22.6 Å². The van der Waals surface area contributed by atoms with Crippen molar-refractivity contribution < 1.29 is 14.2 Å². The summed E-state index contributed by atoms with van der Waals surface area (Å²) < 4.78 is 10.7. The first-order valence-corrected chi connectivity index (χ1v) is 9.70. The molecule has 1 unspecified atom stereocenters. The van der Waals surface area contributed by atoms with Gasteiger partial charge in [-0.2, -0.15) is 0 Å². The topological polar surface area (TPSA) is 68.3 Å². The molecule has 4 rings (SSSR count). The summed E-state index contributed by atoms with van der Waals surface area (Å²) in [6, 6.07) is 7.86. The molecule has 6 nitrogen and oxygen atoms in total. The summed E-state index contributed by atoms with van der Waals surface area (Å²) in [5.41, 5.74) is 2.33. The first kappa shape index (κ1) is 21.4. The molecule has 1 aliphatic heterocycles. The number of aromatic nitrogens is 2. The lowest BCUT2D eigenvalue weighted by Crippen LogP contribution is -2.23. The van der Waals surface area contributed by atoms with Gasteiger partial charge in [-0.25, -0.2) is 9.97 Å². The summed E-state index contributed by atoms with van der Waals surface area (Å²) in [6.07, 6.45) is 2.87. The van der Waals surface area contributed by atoms with E-state index in [9.17, 15) is 0 Å². The second-order valence-corrected chi connectivity index (χ2v) is 7.34. The second kappa shape index (κ2) is 8.98. The smallest absolute Gasteiger partial charge is 0.223 e. The minimum Gasteiger partial charge on any atom is -0.495 e. The van der Waals surface area contributed by atoms with Gasteiger partial charge in [-0.1, -0.05) is 29.3 Å². The van der Waals surface area contributed by atoms with Crippen molar-refractivity contribution in [2.45, 2.75) is 12.5 Å². The van der Waals surface area contributed by atoms with Crippen LogP contribution in [0.4, 0.5) is 10.7 Å². The van der Waals surface area contributed by atoms with Gasteiger partial charge in [-0.15, -0.1) is 0 Å². The van der Waals surface area contributed by atoms with Crippen molar-refractivity contribution >= 4 is 40.1 Å². The lowest BCUT2D eigenvalue weighted by molar-refractivity contribution is 0.395. The van der Waals surface area contributed by atoms with E-state index in [0.29, 0.717) is 39.1 Å². The Bertz CT molecular complexity index is 1000. The Labute approximate surface area is 177 Å². The molecule has 0 bridgehead atoms. The highest BCUT2D eigenvalue weighted by atomic mass is 35.5. The van der Waals surface area contributed by atoms with E-state index in [-0.39, 0.29) is 4.70 Å². The molecule has 1 saturated heterocycles. The van der Waals surface area contributed by atoms with E-state index in [1.165, 1.54) is 0 Å². The van der Waals surface area contributed by atoms with Crippen LogP contribution < -0.4 is 20.1 Å². The fourth-order valence-corrected chi connectivity index (χ4v) is 4.08. The molecule has 2 N–H and O–H groups in total. The monoisotopic (exact) mass is 438 g/mol. The van der Waals surface area contributed by atoms with Crippen LogP contribution in [0.15, 0.2) is 30.5 Å². The predicted octanol–water partition coefficient (Wildman–Crippen LogP) is 4.55. The molecule has 0 spiro atoms. The molecular formula is C20H21Cl2FN4O2. The molecule has 1 fully saturated rings. The van der Waals surface area contributed by atoms with Crippen LogP contribution in [0.3, 0.4) is 0 Å². The Balaban J connectivity index is 0.00000240. The number of nitrogens with zero attached hydrogens (tertiary/aromatic N) is 2. The third-order valence-electron chi connectivity index (χ3n) is 4.84. The van der Waals surface area contributed by atoms with E-state index in [0.717, 1.165) is 36.0 Å². The maximum absolute atomic E-state index is 6.54. The number of hydrogen-bond acceptors (Lipinski definition) is 6. The van der Waals surface area contributed by atoms with E-state index in [4.69, 9.17) is 32.7 Å². The number of benzene rings is 2. The summed E-state index contributed by atoms with van der Waals surface area (Å²) in [6.45, 7) is 1.94. The van der Waals surface area contributed by atoms with Gasteiger partial charge in [0.2, 0.25) is 5.95 Å². The first-order chi connectivity index (χ1) is 13.6. The zero-order valence-electron chi connectivity index (χ0n) is 16.0. The highest BCUT2D eigenvalue weighted by molar-refractivity contribution is 6.41. The van der Waals surface area contributed by atoms with Crippen LogP contribution >= 0.6 is 23.2 Å². The van der Waals surface area contributed by atoms with Crippen molar-refractivity contribution in [3.63, 3.8) is 0 Å².